The van der Waals surface area contributed by atoms with Gasteiger partial charge in [-0.15, -0.1) is 0 Å². The third-order valence-corrected chi connectivity index (χ3v) is 2.25. The van der Waals surface area contributed by atoms with Crippen LogP contribution in [0.1, 0.15) is 27.0 Å². The van der Waals surface area contributed by atoms with Crippen LogP contribution < -0.4 is 0 Å². The first-order valence-corrected chi connectivity index (χ1v) is 4.63. The molecule has 0 saturated carbocycles. The Morgan fingerprint density at radius 2 is 1.50 bits per heavy atom. The first kappa shape index (κ1) is 10.9. The third-order valence-electron chi connectivity index (χ3n) is 2.08. The van der Waals surface area contributed by atoms with Crippen LogP contribution in [0.15, 0.2) is 12.1 Å². The molecular weight excluding hydrogens is 200 g/mol. The van der Waals surface area contributed by atoms with Gasteiger partial charge in [-0.2, -0.15) is 0 Å². The second kappa shape index (κ2) is 3.93. The van der Waals surface area contributed by atoms with Crippen molar-refractivity contribution in [2.75, 3.05) is 0 Å². The van der Waals surface area contributed by atoms with E-state index in [0.717, 1.165) is 16.7 Å². The largest absolute Gasteiger partial charge is 0.293 e. The van der Waals surface area contributed by atoms with Crippen molar-refractivity contribution in [3.05, 3.63) is 34.4 Å². The van der Waals surface area contributed by atoms with Gasteiger partial charge in [0.05, 0.1) is 0 Å². The number of carbonyl (C=O) groups excluding carboxylic acids is 2. The van der Waals surface area contributed by atoms with Crippen LogP contribution in [0.4, 0.5) is 0 Å². The Kier molecular flexibility index (Phi) is 3.06. The lowest BCUT2D eigenvalue weighted by Gasteiger charge is -2.07. The van der Waals surface area contributed by atoms with Gasteiger partial charge < -0.3 is 0 Å². The molecule has 0 spiro atoms. The van der Waals surface area contributed by atoms with Gasteiger partial charge in [-0.3, -0.25) is 9.59 Å². The monoisotopic (exact) mass is 210 g/mol. The van der Waals surface area contributed by atoms with E-state index in [1.54, 1.807) is 13.8 Å². The number of hydrogen-bond donors (Lipinski definition) is 0. The molecule has 0 radical (unpaired) electrons. The van der Waals surface area contributed by atoms with E-state index in [-0.39, 0.29) is 0 Å². The molecule has 1 rings (SSSR count). The van der Waals surface area contributed by atoms with E-state index in [1.807, 2.05) is 19.1 Å². The van der Waals surface area contributed by atoms with Gasteiger partial charge in [-0.25, -0.2) is 0 Å². The van der Waals surface area contributed by atoms with Crippen LogP contribution in [0.5, 0.6) is 0 Å². The number of hydrogen-bond acceptors (Lipinski definition) is 2. The summed E-state index contributed by atoms with van der Waals surface area (Å²) in [6, 6.07) is 3.72. The van der Waals surface area contributed by atoms with Crippen molar-refractivity contribution >= 4 is 22.6 Å². The SMILES string of the molecule is Cc1cc(C)c(C(=O)C(=O)Cl)c(C)c1. The number of Topliss-reactive ketones (excluding diaryl/α,β-unsaturated/α-hetero) is 1. The molecular formula is C11H11ClO2. The average molecular weight is 211 g/mol. The summed E-state index contributed by atoms with van der Waals surface area (Å²) in [5, 5.41) is -0.931. The van der Waals surface area contributed by atoms with Crippen LogP contribution in [0.3, 0.4) is 0 Å². The highest BCUT2D eigenvalue weighted by Gasteiger charge is 2.18. The predicted molar refractivity (Wildman–Crippen MR) is 55.8 cm³/mol. The summed E-state index contributed by atoms with van der Waals surface area (Å²) in [6.45, 7) is 5.54. The summed E-state index contributed by atoms with van der Waals surface area (Å²) < 4.78 is 0. The van der Waals surface area contributed by atoms with Crippen LogP contribution >= 0.6 is 11.6 Å². The second-order valence-electron chi connectivity index (χ2n) is 3.38. The van der Waals surface area contributed by atoms with Crippen molar-refractivity contribution in [1.29, 1.82) is 0 Å². The Bertz CT molecular complexity index is 385. The van der Waals surface area contributed by atoms with Crippen molar-refractivity contribution in [2.45, 2.75) is 20.8 Å². The fourth-order valence-electron chi connectivity index (χ4n) is 1.64. The normalized spacial score (nSPS) is 10.0. The molecule has 3 heteroatoms. The van der Waals surface area contributed by atoms with Crippen LogP contribution in [-0.2, 0) is 4.79 Å². The molecule has 0 bridgehead atoms. The maximum Gasteiger partial charge on any atom is 0.293 e. The van der Waals surface area contributed by atoms with Crippen molar-refractivity contribution < 1.29 is 9.59 Å². The number of halogens is 1. The van der Waals surface area contributed by atoms with E-state index < -0.39 is 11.0 Å². The molecule has 14 heavy (non-hydrogen) atoms. The fraction of sp³-hybridized carbons (Fsp3) is 0.273. The molecule has 0 aromatic heterocycles. The topological polar surface area (TPSA) is 34.1 Å². The van der Waals surface area contributed by atoms with Crippen molar-refractivity contribution in [2.24, 2.45) is 0 Å². The summed E-state index contributed by atoms with van der Waals surface area (Å²) in [5.41, 5.74) is 3.08. The zero-order chi connectivity index (χ0) is 10.9. The standard InChI is InChI=1S/C11H11ClO2/c1-6-4-7(2)9(8(3)5-6)10(13)11(12)14/h4-5H,1-3H3. The van der Waals surface area contributed by atoms with Gasteiger partial charge in [-0.05, 0) is 43.5 Å². The zero-order valence-corrected chi connectivity index (χ0v) is 9.11. The fourth-order valence-corrected chi connectivity index (χ4v) is 1.73. The number of rotatable bonds is 2. The maximum atomic E-state index is 11.4. The molecule has 0 aliphatic heterocycles. The van der Waals surface area contributed by atoms with E-state index in [0.29, 0.717) is 5.56 Å². The molecule has 1 aromatic rings. The Morgan fingerprint density at radius 3 is 1.86 bits per heavy atom. The average Bonchev–Trinajstić information content (AvgIpc) is 2.01. The van der Waals surface area contributed by atoms with Crippen LogP contribution in [-0.4, -0.2) is 11.0 Å². The molecule has 0 heterocycles. The van der Waals surface area contributed by atoms with Crippen molar-refractivity contribution in [1.82, 2.24) is 0 Å². The highest BCUT2D eigenvalue weighted by atomic mass is 35.5. The summed E-state index contributed by atoms with van der Waals surface area (Å²) >= 11 is 5.16. The van der Waals surface area contributed by atoms with Crippen molar-refractivity contribution in [3.63, 3.8) is 0 Å². The van der Waals surface area contributed by atoms with Crippen LogP contribution in [0.2, 0.25) is 0 Å². The van der Waals surface area contributed by atoms with Gasteiger partial charge in [0.1, 0.15) is 0 Å². The number of benzene rings is 1. The van der Waals surface area contributed by atoms with Gasteiger partial charge in [0.2, 0.25) is 5.78 Å². The lowest BCUT2D eigenvalue weighted by atomic mass is 9.97. The van der Waals surface area contributed by atoms with Gasteiger partial charge in [0.15, 0.2) is 0 Å². The van der Waals surface area contributed by atoms with Crippen molar-refractivity contribution in [3.8, 4) is 0 Å². The minimum absolute atomic E-state index is 0.426. The maximum absolute atomic E-state index is 11.4. The van der Waals surface area contributed by atoms with Gasteiger partial charge in [0, 0.05) is 5.56 Å². The molecule has 0 amide bonds. The molecule has 0 unspecified atom stereocenters. The molecule has 0 N–H and O–H groups in total. The summed E-state index contributed by atoms with van der Waals surface area (Å²) in [4.78, 5) is 22.2. The van der Waals surface area contributed by atoms with Gasteiger partial charge >= 0.3 is 0 Å². The molecule has 0 aliphatic carbocycles. The number of carbonyl (C=O) groups is 2. The van der Waals surface area contributed by atoms with Gasteiger partial charge in [0.25, 0.3) is 5.24 Å². The highest BCUT2D eigenvalue weighted by molar-refractivity contribution is 6.83. The first-order valence-electron chi connectivity index (χ1n) is 4.25. The molecule has 0 fully saturated rings. The molecule has 0 aliphatic rings. The molecule has 74 valence electrons. The second-order valence-corrected chi connectivity index (χ2v) is 3.72. The lowest BCUT2D eigenvalue weighted by molar-refractivity contribution is -0.108. The molecule has 1 aromatic carbocycles. The van der Waals surface area contributed by atoms with Crippen LogP contribution in [0.25, 0.3) is 0 Å². The Balaban J connectivity index is 3.35. The predicted octanol–water partition coefficient (Wildman–Crippen LogP) is 2.56. The van der Waals surface area contributed by atoms with E-state index in [4.69, 9.17) is 11.6 Å². The Hall–Kier alpha value is -1.15. The lowest BCUT2D eigenvalue weighted by Crippen LogP contribution is -2.11. The van der Waals surface area contributed by atoms with E-state index in [2.05, 4.69) is 0 Å². The molecule has 0 saturated heterocycles. The van der Waals surface area contributed by atoms with Gasteiger partial charge in [-0.1, -0.05) is 17.7 Å². The van der Waals surface area contributed by atoms with E-state index in [9.17, 15) is 9.59 Å². The minimum atomic E-state index is -0.931. The van der Waals surface area contributed by atoms with E-state index >= 15 is 0 Å². The summed E-state index contributed by atoms with van der Waals surface area (Å²) in [7, 11) is 0. The Labute approximate surface area is 87.9 Å². The number of aryl methyl sites for hydroxylation is 3. The smallest absolute Gasteiger partial charge is 0.284 e. The number of ketones is 1. The Morgan fingerprint density at radius 1 is 1.07 bits per heavy atom. The van der Waals surface area contributed by atoms with E-state index in [1.165, 1.54) is 0 Å². The summed E-state index contributed by atoms with van der Waals surface area (Å²) in [6.07, 6.45) is 0. The summed E-state index contributed by atoms with van der Waals surface area (Å²) in [5.74, 6) is -0.623. The molecule has 0 atom stereocenters. The first-order chi connectivity index (χ1) is 6.43. The third kappa shape index (κ3) is 2.02. The quantitative estimate of drug-likeness (QED) is 0.427. The highest BCUT2D eigenvalue weighted by Crippen LogP contribution is 2.17. The molecule has 2 nitrogen and oxygen atoms in total. The zero-order valence-electron chi connectivity index (χ0n) is 8.35. The minimum Gasteiger partial charge on any atom is -0.284 e. The van der Waals surface area contributed by atoms with Crippen LogP contribution in [0, 0.1) is 20.8 Å².